The van der Waals surface area contributed by atoms with Gasteiger partial charge in [0.05, 0.1) is 25.4 Å². The summed E-state index contributed by atoms with van der Waals surface area (Å²) in [6, 6.07) is 2.24. The lowest BCUT2D eigenvalue weighted by molar-refractivity contribution is -0.0424. The summed E-state index contributed by atoms with van der Waals surface area (Å²) in [5.41, 5.74) is 0.0598. The van der Waals surface area contributed by atoms with Gasteiger partial charge in [0.2, 0.25) is 0 Å². The van der Waals surface area contributed by atoms with Crippen LogP contribution < -0.4 is 4.90 Å². The maximum absolute atomic E-state index is 13.9. The van der Waals surface area contributed by atoms with Crippen LogP contribution in [0.3, 0.4) is 0 Å². The highest BCUT2D eigenvalue weighted by molar-refractivity contribution is 5.51. The van der Waals surface area contributed by atoms with Crippen LogP contribution in [0.15, 0.2) is 12.1 Å². The summed E-state index contributed by atoms with van der Waals surface area (Å²) in [7, 11) is 0. The molecule has 4 nitrogen and oxygen atoms in total. The van der Waals surface area contributed by atoms with E-state index in [4.69, 9.17) is 14.9 Å². The number of aliphatic hydroxyl groups excluding tert-OH is 2. The van der Waals surface area contributed by atoms with E-state index in [0.717, 1.165) is 12.1 Å². The number of aliphatic hydroxyl groups is 2. The second-order valence-electron chi connectivity index (χ2n) is 4.72. The molecule has 2 N–H and O–H groups in total. The first-order valence-electron chi connectivity index (χ1n) is 6.15. The van der Waals surface area contributed by atoms with Crippen LogP contribution in [0, 0.1) is 11.6 Å². The van der Waals surface area contributed by atoms with Crippen molar-refractivity contribution in [3.05, 3.63) is 29.3 Å². The molecule has 1 saturated heterocycles. The zero-order valence-electron chi connectivity index (χ0n) is 10.6. The van der Waals surface area contributed by atoms with E-state index in [2.05, 4.69) is 0 Å². The molecule has 1 aromatic rings. The average molecular weight is 273 g/mol. The number of benzene rings is 1. The second-order valence-corrected chi connectivity index (χ2v) is 4.72. The van der Waals surface area contributed by atoms with Crippen LogP contribution in [0.5, 0.6) is 0 Å². The quantitative estimate of drug-likeness (QED) is 0.864. The number of rotatable bonds is 3. The van der Waals surface area contributed by atoms with Crippen LogP contribution in [0.25, 0.3) is 0 Å². The molecule has 0 radical (unpaired) electrons. The lowest BCUT2D eigenvalue weighted by Crippen LogP contribution is -2.48. The Morgan fingerprint density at radius 2 is 1.89 bits per heavy atom. The van der Waals surface area contributed by atoms with Gasteiger partial charge in [-0.3, -0.25) is 0 Å². The molecule has 2 rings (SSSR count). The molecule has 1 heterocycles. The molecule has 19 heavy (non-hydrogen) atoms. The highest BCUT2D eigenvalue weighted by Crippen LogP contribution is 2.28. The topological polar surface area (TPSA) is 52.9 Å². The van der Waals surface area contributed by atoms with Gasteiger partial charge in [0.1, 0.15) is 17.3 Å². The van der Waals surface area contributed by atoms with E-state index in [1.807, 2.05) is 0 Å². The van der Waals surface area contributed by atoms with Crippen molar-refractivity contribution < 1.29 is 23.7 Å². The predicted molar refractivity (Wildman–Crippen MR) is 65.9 cm³/mol. The lowest BCUT2D eigenvalue weighted by atomic mass is 10.1. The molecule has 0 aromatic heterocycles. The van der Waals surface area contributed by atoms with Crippen molar-refractivity contribution >= 4 is 5.69 Å². The molecule has 2 unspecified atom stereocenters. The smallest absolute Gasteiger partial charge is 0.149 e. The van der Waals surface area contributed by atoms with E-state index in [1.54, 1.807) is 6.92 Å². The van der Waals surface area contributed by atoms with Crippen molar-refractivity contribution in [2.24, 2.45) is 0 Å². The third-order valence-corrected chi connectivity index (χ3v) is 3.11. The minimum absolute atomic E-state index is 0.134. The van der Waals surface area contributed by atoms with Crippen molar-refractivity contribution in [3.63, 3.8) is 0 Å². The van der Waals surface area contributed by atoms with Crippen molar-refractivity contribution in [2.45, 2.75) is 25.7 Å². The Bertz CT molecular complexity index is 433. The maximum atomic E-state index is 13.9. The number of anilines is 1. The molecule has 0 amide bonds. The van der Waals surface area contributed by atoms with Gasteiger partial charge in [-0.2, -0.15) is 0 Å². The SMILES string of the molecule is CC1CN(c2c(F)cc(CO)cc2F)CC(CO)O1. The van der Waals surface area contributed by atoms with Crippen LogP contribution in [0.1, 0.15) is 12.5 Å². The van der Waals surface area contributed by atoms with E-state index in [1.165, 1.54) is 4.90 Å². The fourth-order valence-corrected chi connectivity index (χ4v) is 2.34. The van der Waals surface area contributed by atoms with Crippen LogP contribution in [-0.4, -0.2) is 42.1 Å². The first-order valence-corrected chi connectivity index (χ1v) is 6.15. The van der Waals surface area contributed by atoms with Gasteiger partial charge in [0, 0.05) is 13.1 Å². The lowest BCUT2D eigenvalue weighted by Gasteiger charge is -2.37. The van der Waals surface area contributed by atoms with Gasteiger partial charge in [0.25, 0.3) is 0 Å². The Labute approximate surface area is 110 Å². The van der Waals surface area contributed by atoms with Crippen molar-refractivity contribution in [1.29, 1.82) is 0 Å². The monoisotopic (exact) mass is 273 g/mol. The Morgan fingerprint density at radius 3 is 2.42 bits per heavy atom. The maximum Gasteiger partial charge on any atom is 0.149 e. The Hall–Kier alpha value is -1.24. The molecule has 2 atom stereocenters. The molecule has 106 valence electrons. The van der Waals surface area contributed by atoms with E-state index in [-0.39, 0.29) is 30.5 Å². The summed E-state index contributed by atoms with van der Waals surface area (Å²) < 4.78 is 33.3. The van der Waals surface area contributed by atoms with Gasteiger partial charge < -0.3 is 19.8 Å². The molecule has 1 aromatic carbocycles. The van der Waals surface area contributed by atoms with Crippen LogP contribution in [0.4, 0.5) is 14.5 Å². The van der Waals surface area contributed by atoms with Gasteiger partial charge in [-0.25, -0.2) is 8.78 Å². The number of hydrogen-bond acceptors (Lipinski definition) is 4. The summed E-state index contributed by atoms with van der Waals surface area (Å²) in [5, 5.41) is 18.0. The summed E-state index contributed by atoms with van der Waals surface area (Å²) in [4.78, 5) is 1.53. The summed E-state index contributed by atoms with van der Waals surface area (Å²) >= 11 is 0. The number of morpholine rings is 1. The second kappa shape index (κ2) is 5.81. The zero-order valence-corrected chi connectivity index (χ0v) is 10.6. The highest BCUT2D eigenvalue weighted by atomic mass is 19.1. The summed E-state index contributed by atoms with van der Waals surface area (Å²) in [6.07, 6.45) is -0.678. The van der Waals surface area contributed by atoms with Crippen LogP contribution >= 0.6 is 0 Å². The summed E-state index contributed by atoms with van der Waals surface area (Å²) in [5.74, 6) is -1.43. The Balaban J connectivity index is 2.30. The fourth-order valence-electron chi connectivity index (χ4n) is 2.34. The third kappa shape index (κ3) is 3.02. The zero-order chi connectivity index (χ0) is 14.0. The molecule has 1 aliphatic heterocycles. The molecule has 0 aliphatic carbocycles. The largest absolute Gasteiger partial charge is 0.394 e. The Morgan fingerprint density at radius 1 is 1.26 bits per heavy atom. The number of hydrogen-bond donors (Lipinski definition) is 2. The molecular weight excluding hydrogens is 256 g/mol. The molecular formula is C13H17F2NO3. The highest BCUT2D eigenvalue weighted by Gasteiger charge is 2.28. The number of halogens is 2. The van der Waals surface area contributed by atoms with Gasteiger partial charge in [-0.05, 0) is 24.6 Å². The van der Waals surface area contributed by atoms with Crippen molar-refractivity contribution in [3.8, 4) is 0 Å². The van der Waals surface area contributed by atoms with Crippen molar-refractivity contribution in [2.75, 3.05) is 24.6 Å². The molecule has 0 bridgehead atoms. The van der Waals surface area contributed by atoms with E-state index in [0.29, 0.717) is 6.54 Å². The standard InChI is InChI=1S/C13H17F2NO3/c1-8-4-16(5-10(7-18)19-8)13-11(14)2-9(6-17)3-12(13)15/h2-3,8,10,17-18H,4-7H2,1H3. The normalized spacial score (nSPS) is 23.7. The van der Waals surface area contributed by atoms with Gasteiger partial charge in [-0.1, -0.05) is 0 Å². The van der Waals surface area contributed by atoms with Crippen LogP contribution in [-0.2, 0) is 11.3 Å². The van der Waals surface area contributed by atoms with Gasteiger partial charge >= 0.3 is 0 Å². The predicted octanol–water partition coefficient (Wildman–Crippen LogP) is 1.04. The summed E-state index contributed by atoms with van der Waals surface area (Å²) in [6.45, 7) is 1.76. The van der Waals surface area contributed by atoms with E-state index in [9.17, 15) is 8.78 Å². The van der Waals surface area contributed by atoms with Crippen molar-refractivity contribution in [1.82, 2.24) is 0 Å². The minimum atomic E-state index is -0.713. The van der Waals surface area contributed by atoms with Gasteiger partial charge in [0.15, 0.2) is 0 Å². The number of ether oxygens (including phenoxy) is 1. The van der Waals surface area contributed by atoms with E-state index < -0.39 is 24.3 Å². The molecule has 0 saturated carbocycles. The average Bonchev–Trinajstić information content (AvgIpc) is 2.37. The first kappa shape index (κ1) is 14.2. The fraction of sp³-hybridized carbons (Fsp3) is 0.538. The van der Waals surface area contributed by atoms with Gasteiger partial charge in [-0.15, -0.1) is 0 Å². The molecule has 0 spiro atoms. The number of nitrogens with zero attached hydrogens (tertiary/aromatic N) is 1. The molecule has 1 aliphatic rings. The first-order chi connectivity index (χ1) is 9.05. The van der Waals surface area contributed by atoms with Crippen LogP contribution in [0.2, 0.25) is 0 Å². The van der Waals surface area contributed by atoms with E-state index >= 15 is 0 Å². The molecule has 1 fully saturated rings. The third-order valence-electron chi connectivity index (χ3n) is 3.11. The minimum Gasteiger partial charge on any atom is -0.394 e. The Kier molecular flexibility index (Phi) is 4.34. The molecule has 6 heteroatoms.